The van der Waals surface area contributed by atoms with Crippen molar-refractivity contribution < 1.29 is 14.6 Å². The highest BCUT2D eigenvalue weighted by Crippen LogP contribution is 2.26. The summed E-state index contributed by atoms with van der Waals surface area (Å²) in [7, 11) is 1.44. The van der Waals surface area contributed by atoms with Gasteiger partial charge in [0.2, 0.25) is 5.91 Å². The van der Waals surface area contributed by atoms with E-state index in [0.29, 0.717) is 5.75 Å². The van der Waals surface area contributed by atoms with E-state index in [1.807, 2.05) is 0 Å². The van der Waals surface area contributed by atoms with Crippen molar-refractivity contribution in [3.8, 4) is 11.5 Å². The molecule has 7 nitrogen and oxygen atoms in total. The summed E-state index contributed by atoms with van der Waals surface area (Å²) in [5.74, 6) is -0.489. The number of guanidine groups is 1. The Hall–Kier alpha value is -2.44. The highest BCUT2D eigenvalue weighted by molar-refractivity contribution is 5.83. The zero-order valence-electron chi connectivity index (χ0n) is 10.0. The van der Waals surface area contributed by atoms with Gasteiger partial charge >= 0.3 is 0 Å². The molecule has 0 aromatic heterocycles. The number of methoxy groups -OCH3 is 1. The number of hydrogen-bond donors (Lipinski definition) is 4. The van der Waals surface area contributed by atoms with Gasteiger partial charge in [0, 0.05) is 6.54 Å². The number of carbonyl (C=O) groups is 1. The predicted octanol–water partition coefficient (Wildman–Crippen LogP) is -0.418. The Morgan fingerprint density at radius 1 is 1.50 bits per heavy atom. The van der Waals surface area contributed by atoms with E-state index in [2.05, 4.69) is 0 Å². The van der Waals surface area contributed by atoms with Gasteiger partial charge < -0.3 is 26.2 Å². The van der Waals surface area contributed by atoms with Crippen LogP contribution in [0.5, 0.6) is 11.5 Å². The minimum atomic E-state index is -0.573. The molecule has 0 saturated carbocycles. The molecule has 1 aromatic rings. The molecule has 18 heavy (non-hydrogen) atoms. The first-order valence-corrected chi connectivity index (χ1v) is 5.17. The molecule has 1 aromatic carbocycles. The van der Waals surface area contributed by atoms with Crippen molar-refractivity contribution in [2.45, 2.75) is 6.54 Å². The van der Waals surface area contributed by atoms with Gasteiger partial charge in [-0.15, -0.1) is 0 Å². The summed E-state index contributed by atoms with van der Waals surface area (Å²) in [6.07, 6.45) is 0. The van der Waals surface area contributed by atoms with Crippen LogP contribution in [0.25, 0.3) is 0 Å². The van der Waals surface area contributed by atoms with Gasteiger partial charge in [-0.1, -0.05) is 6.07 Å². The van der Waals surface area contributed by atoms with Crippen LogP contribution in [0.1, 0.15) is 5.56 Å². The first kappa shape index (κ1) is 13.6. The largest absolute Gasteiger partial charge is 0.504 e. The average Bonchev–Trinajstić information content (AvgIpc) is 2.29. The molecule has 0 heterocycles. The van der Waals surface area contributed by atoms with Crippen molar-refractivity contribution in [2.75, 3.05) is 13.7 Å². The zero-order chi connectivity index (χ0) is 13.7. The van der Waals surface area contributed by atoms with Gasteiger partial charge in [0.05, 0.1) is 13.7 Å². The minimum Gasteiger partial charge on any atom is -0.504 e. The highest BCUT2D eigenvalue weighted by Gasteiger charge is 2.12. The number of nitrogens with two attached hydrogens (primary N) is 2. The molecule has 1 rings (SSSR count). The van der Waals surface area contributed by atoms with Gasteiger partial charge in [-0.2, -0.15) is 0 Å². The summed E-state index contributed by atoms with van der Waals surface area (Å²) in [6, 6.07) is 4.72. The fourth-order valence-electron chi connectivity index (χ4n) is 1.46. The van der Waals surface area contributed by atoms with E-state index in [0.717, 1.165) is 5.56 Å². The molecule has 0 spiro atoms. The maximum absolute atomic E-state index is 10.8. The number of hydrogen-bond acceptors (Lipinski definition) is 4. The van der Waals surface area contributed by atoms with Crippen molar-refractivity contribution in [1.29, 1.82) is 5.41 Å². The first-order valence-electron chi connectivity index (χ1n) is 5.17. The summed E-state index contributed by atoms with van der Waals surface area (Å²) in [6.45, 7) is 0.0907. The molecule has 0 saturated heterocycles. The SMILES string of the molecule is COc1cc(CN(CC(N)=O)C(=N)N)ccc1O. The van der Waals surface area contributed by atoms with Crippen LogP contribution in [0.4, 0.5) is 0 Å². The van der Waals surface area contributed by atoms with Crippen LogP contribution in [0.2, 0.25) is 0 Å². The van der Waals surface area contributed by atoms with Crippen LogP contribution in [0.15, 0.2) is 18.2 Å². The number of nitrogens with zero attached hydrogens (tertiary/aromatic N) is 1. The third-order valence-corrected chi connectivity index (χ3v) is 2.30. The van der Waals surface area contributed by atoms with E-state index >= 15 is 0 Å². The monoisotopic (exact) mass is 252 g/mol. The van der Waals surface area contributed by atoms with Gasteiger partial charge in [-0.3, -0.25) is 10.2 Å². The van der Waals surface area contributed by atoms with Crippen molar-refractivity contribution in [2.24, 2.45) is 11.5 Å². The number of aromatic hydroxyl groups is 1. The average molecular weight is 252 g/mol. The molecule has 0 unspecified atom stereocenters. The van der Waals surface area contributed by atoms with Crippen LogP contribution >= 0.6 is 0 Å². The summed E-state index contributed by atoms with van der Waals surface area (Å²) < 4.78 is 4.96. The lowest BCUT2D eigenvalue weighted by Crippen LogP contribution is -2.41. The number of phenols is 1. The van der Waals surface area contributed by atoms with Crippen LogP contribution in [-0.4, -0.2) is 35.5 Å². The number of primary amides is 1. The van der Waals surface area contributed by atoms with Crippen LogP contribution in [0.3, 0.4) is 0 Å². The van der Waals surface area contributed by atoms with E-state index in [1.54, 1.807) is 12.1 Å². The maximum atomic E-state index is 10.8. The fourth-order valence-corrected chi connectivity index (χ4v) is 1.46. The van der Waals surface area contributed by atoms with Crippen molar-refractivity contribution in [1.82, 2.24) is 4.90 Å². The maximum Gasteiger partial charge on any atom is 0.237 e. The van der Waals surface area contributed by atoms with Gasteiger partial charge in [-0.25, -0.2) is 0 Å². The van der Waals surface area contributed by atoms with Crippen molar-refractivity contribution in [3.63, 3.8) is 0 Å². The smallest absolute Gasteiger partial charge is 0.237 e. The second kappa shape index (κ2) is 5.76. The van der Waals surface area contributed by atoms with Crippen LogP contribution < -0.4 is 16.2 Å². The quantitative estimate of drug-likeness (QED) is 0.418. The lowest BCUT2D eigenvalue weighted by Gasteiger charge is -2.21. The number of ether oxygens (including phenoxy) is 1. The second-order valence-electron chi connectivity index (χ2n) is 3.71. The molecule has 0 aliphatic rings. The number of benzene rings is 1. The molecule has 6 N–H and O–H groups in total. The van der Waals surface area contributed by atoms with Crippen LogP contribution in [-0.2, 0) is 11.3 Å². The lowest BCUT2D eigenvalue weighted by atomic mass is 10.2. The molecular weight excluding hydrogens is 236 g/mol. The topological polar surface area (TPSA) is 126 Å². The Morgan fingerprint density at radius 3 is 2.67 bits per heavy atom. The molecule has 0 radical (unpaired) electrons. The number of nitrogens with one attached hydrogen (secondary N) is 1. The van der Waals surface area contributed by atoms with Crippen molar-refractivity contribution in [3.05, 3.63) is 23.8 Å². The molecule has 0 fully saturated rings. The molecular formula is C11H16N4O3. The highest BCUT2D eigenvalue weighted by atomic mass is 16.5. The summed E-state index contributed by atoms with van der Waals surface area (Å²) in [5, 5.41) is 16.8. The second-order valence-corrected chi connectivity index (χ2v) is 3.71. The van der Waals surface area contributed by atoms with E-state index in [4.69, 9.17) is 21.6 Å². The number of phenolic OH excluding ortho intramolecular Hbond substituents is 1. The molecule has 98 valence electrons. The molecule has 0 bridgehead atoms. The Labute approximate surface area is 104 Å². The predicted molar refractivity (Wildman–Crippen MR) is 66.2 cm³/mol. The molecule has 0 aliphatic heterocycles. The fraction of sp³-hybridized carbons (Fsp3) is 0.273. The first-order chi connectivity index (χ1) is 8.43. The summed E-state index contributed by atoms with van der Waals surface area (Å²) in [5.41, 5.74) is 11.2. The van der Waals surface area contributed by atoms with Gasteiger partial charge in [0.15, 0.2) is 17.5 Å². The minimum absolute atomic E-state index is 0.0190. The standard InChI is InChI=1S/C11H16N4O3/c1-18-9-4-7(2-3-8(9)16)5-15(11(13)14)6-10(12)17/h2-4,16H,5-6H2,1H3,(H2,12,17)(H3,13,14). The Morgan fingerprint density at radius 2 is 2.17 bits per heavy atom. The number of rotatable bonds is 5. The van der Waals surface area contributed by atoms with E-state index in [-0.39, 0.29) is 24.8 Å². The Balaban J connectivity index is 2.87. The molecule has 7 heteroatoms. The zero-order valence-corrected chi connectivity index (χ0v) is 10.0. The lowest BCUT2D eigenvalue weighted by molar-refractivity contribution is -0.118. The van der Waals surface area contributed by atoms with E-state index in [1.165, 1.54) is 18.1 Å². The van der Waals surface area contributed by atoms with Crippen LogP contribution in [0, 0.1) is 5.41 Å². The molecule has 1 amide bonds. The Kier molecular flexibility index (Phi) is 4.36. The molecule has 0 aliphatic carbocycles. The van der Waals surface area contributed by atoms with E-state index < -0.39 is 5.91 Å². The number of carbonyl (C=O) groups excluding carboxylic acids is 1. The van der Waals surface area contributed by atoms with Gasteiger partial charge in [0.25, 0.3) is 0 Å². The summed E-state index contributed by atoms with van der Waals surface area (Å²) >= 11 is 0. The molecule has 0 atom stereocenters. The third-order valence-electron chi connectivity index (χ3n) is 2.30. The van der Waals surface area contributed by atoms with Crippen molar-refractivity contribution >= 4 is 11.9 Å². The normalized spacial score (nSPS) is 9.83. The van der Waals surface area contributed by atoms with Gasteiger partial charge in [-0.05, 0) is 17.7 Å². The van der Waals surface area contributed by atoms with Gasteiger partial charge in [0.1, 0.15) is 0 Å². The van der Waals surface area contributed by atoms with E-state index in [9.17, 15) is 9.90 Å². The number of amides is 1. The summed E-state index contributed by atoms with van der Waals surface area (Å²) in [4.78, 5) is 12.2. The Bertz CT molecular complexity index is 462. The third kappa shape index (κ3) is 3.55.